The quantitative estimate of drug-likeness (QED) is 0.285. The average Bonchev–Trinajstić information content (AvgIpc) is 3.41. The van der Waals surface area contributed by atoms with Crippen LogP contribution in [0, 0.1) is 0 Å². The van der Waals surface area contributed by atoms with Gasteiger partial charge in [-0.1, -0.05) is 41.7 Å². The highest BCUT2D eigenvalue weighted by Gasteiger charge is 2.47. The summed E-state index contributed by atoms with van der Waals surface area (Å²) in [5, 5.41) is 0.937. The number of imidazole rings is 1. The molecule has 1 aliphatic carbocycles. The Balaban J connectivity index is 1.28. The van der Waals surface area contributed by atoms with E-state index in [0.29, 0.717) is 19.6 Å². The van der Waals surface area contributed by atoms with Crippen LogP contribution in [0.15, 0.2) is 67.0 Å². The number of fused-ring (bicyclic) bond motifs is 2. The number of benzene rings is 2. The lowest BCUT2D eigenvalue weighted by Gasteiger charge is -2.14. The standard InChI is InChI=1S/C27H24N4O2S/c1-2-33-24(32)12-15-31-17-28-21-16-18(8-10-22(21)31)25-29-20-9-11-23(30-26(20)34-25)27(13-14-27)19-6-4-3-5-7-19/h3-11,16-17H,2,12-15H2,1H3. The van der Waals surface area contributed by atoms with Gasteiger partial charge in [0.05, 0.1) is 36.1 Å². The number of carbonyl (C=O) groups is 1. The minimum Gasteiger partial charge on any atom is -0.466 e. The number of ether oxygens (including phenoxy) is 1. The summed E-state index contributed by atoms with van der Waals surface area (Å²) in [5.41, 5.74) is 6.36. The van der Waals surface area contributed by atoms with E-state index < -0.39 is 0 Å². The van der Waals surface area contributed by atoms with E-state index in [-0.39, 0.29) is 11.4 Å². The number of aryl methyl sites for hydroxylation is 1. The minimum absolute atomic E-state index is 0.0505. The van der Waals surface area contributed by atoms with Gasteiger partial charge in [0, 0.05) is 17.5 Å². The molecule has 7 heteroatoms. The van der Waals surface area contributed by atoms with Crippen LogP contribution < -0.4 is 0 Å². The molecule has 0 N–H and O–H groups in total. The van der Waals surface area contributed by atoms with E-state index in [4.69, 9.17) is 14.7 Å². The van der Waals surface area contributed by atoms with Gasteiger partial charge >= 0.3 is 5.97 Å². The molecule has 0 amide bonds. The maximum Gasteiger partial charge on any atom is 0.307 e. The SMILES string of the molecule is CCOC(=O)CCn1cnc2cc(-c3nc4ccc(C5(c6ccccc6)CC5)nc4s3)ccc21. The van der Waals surface area contributed by atoms with Crippen LogP contribution in [0.3, 0.4) is 0 Å². The van der Waals surface area contributed by atoms with Crippen molar-refractivity contribution in [2.75, 3.05) is 6.61 Å². The zero-order valence-corrected chi connectivity index (χ0v) is 19.7. The van der Waals surface area contributed by atoms with E-state index in [0.717, 1.165) is 50.5 Å². The lowest BCUT2D eigenvalue weighted by Crippen LogP contribution is -2.10. The van der Waals surface area contributed by atoms with Gasteiger partial charge in [-0.3, -0.25) is 4.79 Å². The summed E-state index contributed by atoms with van der Waals surface area (Å²) in [7, 11) is 0. The molecule has 0 aliphatic heterocycles. The van der Waals surface area contributed by atoms with Crippen molar-refractivity contribution < 1.29 is 9.53 Å². The van der Waals surface area contributed by atoms with E-state index in [1.165, 1.54) is 5.56 Å². The van der Waals surface area contributed by atoms with E-state index in [1.54, 1.807) is 17.7 Å². The molecule has 0 spiro atoms. The molecule has 0 atom stereocenters. The molecule has 1 saturated carbocycles. The second-order valence-electron chi connectivity index (χ2n) is 8.68. The first kappa shape index (κ1) is 21.0. The number of carbonyl (C=O) groups excluding carboxylic acids is 1. The zero-order chi connectivity index (χ0) is 23.1. The van der Waals surface area contributed by atoms with Gasteiger partial charge in [0.15, 0.2) is 0 Å². The first-order chi connectivity index (χ1) is 16.7. The molecular weight excluding hydrogens is 444 g/mol. The third kappa shape index (κ3) is 3.66. The Morgan fingerprint density at radius 3 is 2.71 bits per heavy atom. The highest BCUT2D eigenvalue weighted by molar-refractivity contribution is 7.21. The van der Waals surface area contributed by atoms with Gasteiger partial charge in [-0.15, -0.1) is 0 Å². The van der Waals surface area contributed by atoms with Gasteiger partial charge in [0.2, 0.25) is 0 Å². The molecule has 0 unspecified atom stereocenters. The summed E-state index contributed by atoms with van der Waals surface area (Å²) in [5.74, 6) is -0.192. The minimum atomic E-state index is -0.192. The van der Waals surface area contributed by atoms with Crippen molar-refractivity contribution in [3.63, 3.8) is 0 Å². The fourth-order valence-electron chi connectivity index (χ4n) is 4.60. The smallest absolute Gasteiger partial charge is 0.307 e. The average molecular weight is 469 g/mol. The Morgan fingerprint density at radius 2 is 1.91 bits per heavy atom. The van der Waals surface area contributed by atoms with Crippen molar-refractivity contribution >= 4 is 38.7 Å². The molecule has 3 heterocycles. The second-order valence-corrected chi connectivity index (χ2v) is 9.66. The fourth-order valence-corrected chi connectivity index (χ4v) is 5.54. The summed E-state index contributed by atoms with van der Waals surface area (Å²) >= 11 is 1.62. The van der Waals surface area contributed by atoms with E-state index >= 15 is 0 Å². The highest BCUT2D eigenvalue weighted by atomic mass is 32.1. The van der Waals surface area contributed by atoms with E-state index in [1.807, 2.05) is 17.6 Å². The lowest BCUT2D eigenvalue weighted by atomic mass is 9.92. The number of rotatable bonds is 7. The van der Waals surface area contributed by atoms with Crippen LogP contribution in [0.5, 0.6) is 0 Å². The third-order valence-corrected chi connectivity index (χ3v) is 7.57. The van der Waals surface area contributed by atoms with Gasteiger partial charge in [-0.25, -0.2) is 15.0 Å². The highest BCUT2D eigenvalue weighted by Crippen LogP contribution is 2.53. The maximum atomic E-state index is 11.7. The van der Waals surface area contributed by atoms with Gasteiger partial charge in [0.25, 0.3) is 0 Å². The Kier molecular flexibility index (Phi) is 5.14. The monoisotopic (exact) mass is 468 g/mol. The van der Waals surface area contributed by atoms with Crippen molar-refractivity contribution in [2.45, 2.75) is 38.1 Å². The molecular formula is C27H24N4O2S. The number of hydrogen-bond acceptors (Lipinski definition) is 6. The van der Waals surface area contributed by atoms with Crippen molar-refractivity contribution in [3.05, 3.63) is 78.2 Å². The van der Waals surface area contributed by atoms with Crippen LogP contribution in [0.1, 0.15) is 37.4 Å². The van der Waals surface area contributed by atoms with Crippen LogP contribution in [0.4, 0.5) is 0 Å². The molecule has 0 radical (unpaired) electrons. The maximum absolute atomic E-state index is 11.7. The largest absolute Gasteiger partial charge is 0.466 e. The number of esters is 1. The van der Waals surface area contributed by atoms with Crippen LogP contribution in [0.25, 0.3) is 32.0 Å². The Labute approximate surface area is 201 Å². The molecule has 34 heavy (non-hydrogen) atoms. The van der Waals surface area contributed by atoms with Gasteiger partial charge in [0.1, 0.15) is 15.4 Å². The normalized spacial score (nSPS) is 14.5. The number of thiazole rings is 1. The van der Waals surface area contributed by atoms with Crippen molar-refractivity contribution in [2.24, 2.45) is 0 Å². The number of aromatic nitrogens is 4. The molecule has 5 aromatic rings. The first-order valence-electron chi connectivity index (χ1n) is 11.6. The van der Waals surface area contributed by atoms with Crippen LogP contribution in [-0.4, -0.2) is 32.1 Å². The van der Waals surface area contributed by atoms with Crippen LogP contribution >= 0.6 is 11.3 Å². The molecule has 170 valence electrons. The molecule has 6 nitrogen and oxygen atoms in total. The molecule has 2 aromatic carbocycles. The lowest BCUT2D eigenvalue weighted by molar-refractivity contribution is -0.143. The number of hydrogen-bond donors (Lipinski definition) is 0. The van der Waals surface area contributed by atoms with E-state index in [2.05, 4.69) is 59.6 Å². The summed E-state index contributed by atoms with van der Waals surface area (Å²) in [6, 6.07) is 21.1. The summed E-state index contributed by atoms with van der Waals surface area (Å²) < 4.78 is 7.02. The number of pyridine rings is 1. The summed E-state index contributed by atoms with van der Waals surface area (Å²) in [6.45, 7) is 2.77. The van der Waals surface area contributed by atoms with Gasteiger partial charge in [-0.2, -0.15) is 0 Å². The van der Waals surface area contributed by atoms with Crippen LogP contribution in [0.2, 0.25) is 0 Å². The van der Waals surface area contributed by atoms with Crippen molar-refractivity contribution in [3.8, 4) is 10.6 Å². The zero-order valence-electron chi connectivity index (χ0n) is 18.9. The summed E-state index contributed by atoms with van der Waals surface area (Å²) in [6.07, 6.45) is 4.38. The molecule has 0 saturated heterocycles. The van der Waals surface area contributed by atoms with E-state index in [9.17, 15) is 4.79 Å². The Bertz CT molecular complexity index is 1500. The Hall–Kier alpha value is -3.58. The fraction of sp³-hybridized carbons (Fsp3) is 0.259. The molecule has 1 aliphatic rings. The van der Waals surface area contributed by atoms with Crippen molar-refractivity contribution in [1.82, 2.24) is 19.5 Å². The topological polar surface area (TPSA) is 69.9 Å². The predicted molar refractivity (Wildman–Crippen MR) is 134 cm³/mol. The molecule has 1 fully saturated rings. The third-order valence-electron chi connectivity index (χ3n) is 6.55. The Morgan fingerprint density at radius 1 is 1.06 bits per heavy atom. The first-order valence-corrected chi connectivity index (χ1v) is 12.4. The van der Waals surface area contributed by atoms with Gasteiger partial charge < -0.3 is 9.30 Å². The van der Waals surface area contributed by atoms with Gasteiger partial charge in [-0.05, 0) is 55.7 Å². The van der Waals surface area contributed by atoms with Crippen molar-refractivity contribution in [1.29, 1.82) is 0 Å². The molecule has 6 rings (SSSR count). The molecule has 3 aromatic heterocycles. The van der Waals surface area contributed by atoms with Crippen LogP contribution in [-0.2, 0) is 21.5 Å². The predicted octanol–water partition coefficient (Wildman–Crippen LogP) is 5.74. The summed E-state index contributed by atoms with van der Waals surface area (Å²) in [4.78, 5) is 27.1. The number of nitrogens with zero attached hydrogens (tertiary/aromatic N) is 4. The second kappa shape index (κ2) is 8.33. The molecule has 0 bridgehead atoms.